The van der Waals surface area contributed by atoms with Gasteiger partial charge in [-0.25, -0.2) is 0 Å². The molecule has 1 aromatic rings. The quantitative estimate of drug-likeness (QED) is 0.870. The van der Waals surface area contributed by atoms with Gasteiger partial charge in [0.25, 0.3) is 0 Å². The Morgan fingerprint density at radius 1 is 1.35 bits per heavy atom. The van der Waals surface area contributed by atoms with Crippen LogP contribution >= 0.6 is 15.9 Å². The van der Waals surface area contributed by atoms with E-state index in [2.05, 4.69) is 33.5 Å². The van der Waals surface area contributed by atoms with Gasteiger partial charge in [-0.2, -0.15) is 0 Å². The summed E-state index contributed by atoms with van der Waals surface area (Å²) < 4.78 is 6.89. The molecule has 0 unspecified atom stereocenters. The Balaban J connectivity index is 1.57. The Labute approximate surface area is 109 Å². The minimum Gasteiger partial charge on any atom is -0.373 e. The van der Waals surface area contributed by atoms with Crippen LogP contribution in [0, 0.1) is 0 Å². The van der Waals surface area contributed by atoms with Crippen molar-refractivity contribution in [3.8, 4) is 0 Å². The molecule has 0 bridgehead atoms. The van der Waals surface area contributed by atoms with Crippen molar-refractivity contribution in [1.29, 1.82) is 0 Å². The lowest BCUT2D eigenvalue weighted by atomic mass is 10.2. The minimum atomic E-state index is 0.185. The fourth-order valence-corrected chi connectivity index (χ4v) is 2.81. The van der Waals surface area contributed by atoms with Crippen LogP contribution < -0.4 is 5.48 Å². The SMILES string of the molecule is BrC1=C2C[C@@H](OCc3ccccc3)C[C@@H]2ON1. The van der Waals surface area contributed by atoms with Gasteiger partial charge in [0.2, 0.25) is 0 Å². The molecule has 3 nitrogen and oxygen atoms in total. The van der Waals surface area contributed by atoms with Crippen molar-refractivity contribution in [2.24, 2.45) is 0 Å². The molecular weight excluding hydrogens is 282 g/mol. The van der Waals surface area contributed by atoms with E-state index < -0.39 is 0 Å². The highest BCUT2D eigenvalue weighted by molar-refractivity contribution is 9.11. The van der Waals surface area contributed by atoms with Crippen molar-refractivity contribution < 1.29 is 9.57 Å². The van der Waals surface area contributed by atoms with E-state index >= 15 is 0 Å². The van der Waals surface area contributed by atoms with Gasteiger partial charge in [-0.15, -0.1) is 0 Å². The zero-order valence-corrected chi connectivity index (χ0v) is 10.9. The molecule has 90 valence electrons. The maximum atomic E-state index is 5.91. The Hall–Kier alpha value is -0.840. The Bertz CT molecular complexity index is 432. The number of nitrogens with one attached hydrogen (secondary N) is 1. The summed E-state index contributed by atoms with van der Waals surface area (Å²) in [5, 5.41) is 0. The van der Waals surface area contributed by atoms with Gasteiger partial charge in [0.1, 0.15) is 10.7 Å². The third-order valence-corrected chi connectivity index (χ3v) is 3.89. The maximum absolute atomic E-state index is 5.91. The van der Waals surface area contributed by atoms with E-state index in [1.54, 1.807) is 0 Å². The van der Waals surface area contributed by atoms with E-state index in [1.165, 1.54) is 11.1 Å². The Kier molecular flexibility index (Phi) is 3.18. The number of hydrogen-bond donors (Lipinski definition) is 1. The highest BCUT2D eigenvalue weighted by atomic mass is 79.9. The van der Waals surface area contributed by atoms with Crippen molar-refractivity contribution >= 4 is 15.9 Å². The molecule has 0 spiro atoms. The van der Waals surface area contributed by atoms with Crippen molar-refractivity contribution in [2.45, 2.75) is 31.7 Å². The first kappa shape index (κ1) is 11.3. The molecule has 1 aliphatic carbocycles. The summed E-state index contributed by atoms with van der Waals surface area (Å²) in [6.07, 6.45) is 2.34. The van der Waals surface area contributed by atoms with E-state index in [0.717, 1.165) is 17.4 Å². The normalized spacial score (nSPS) is 27.1. The lowest BCUT2D eigenvalue weighted by Gasteiger charge is -2.12. The summed E-state index contributed by atoms with van der Waals surface area (Å²) in [5.41, 5.74) is 5.37. The molecule has 2 atom stereocenters. The second kappa shape index (κ2) is 4.80. The van der Waals surface area contributed by atoms with Crippen LogP contribution in [-0.4, -0.2) is 12.2 Å². The molecule has 0 aromatic heterocycles. The lowest BCUT2D eigenvalue weighted by Crippen LogP contribution is -2.15. The fourth-order valence-electron chi connectivity index (χ4n) is 2.29. The van der Waals surface area contributed by atoms with Crippen LogP contribution in [0.3, 0.4) is 0 Å². The van der Waals surface area contributed by atoms with E-state index in [9.17, 15) is 0 Å². The average molecular weight is 296 g/mol. The number of rotatable bonds is 3. The predicted molar refractivity (Wildman–Crippen MR) is 68.2 cm³/mol. The standard InChI is InChI=1S/C13H14BrNO2/c14-13-11-6-10(7-12(11)17-15-13)16-8-9-4-2-1-3-5-9/h1-5,10,12,15H,6-8H2/t10-,12+/m1/s1. The molecule has 1 saturated carbocycles. The second-order valence-electron chi connectivity index (χ2n) is 4.41. The molecule has 1 fully saturated rings. The molecular formula is C13H14BrNO2. The van der Waals surface area contributed by atoms with E-state index in [4.69, 9.17) is 9.57 Å². The van der Waals surface area contributed by atoms with Crippen molar-refractivity contribution in [1.82, 2.24) is 5.48 Å². The molecule has 4 heteroatoms. The van der Waals surface area contributed by atoms with Gasteiger partial charge in [-0.05, 0) is 27.1 Å². The third-order valence-electron chi connectivity index (χ3n) is 3.21. The number of hydrogen-bond acceptors (Lipinski definition) is 3. The molecule has 0 amide bonds. The van der Waals surface area contributed by atoms with Crippen molar-refractivity contribution in [3.05, 3.63) is 46.1 Å². The number of hydroxylamine groups is 1. The van der Waals surface area contributed by atoms with Crippen molar-refractivity contribution in [2.75, 3.05) is 0 Å². The smallest absolute Gasteiger partial charge is 0.112 e. The maximum Gasteiger partial charge on any atom is 0.112 e. The van der Waals surface area contributed by atoms with Gasteiger partial charge < -0.3 is 4.74 Å². The number of fused-ring (bicyclic) bond motifs is 1. The monoisotopic (exact) mass is 295 g/mol. The van der Waals surface area contributed by atoms with Crippen LogP contribution in [0.5, 0.6) is 0 Å². The average Bonchev–Trinajstić information content (AvgIpc) is 2.91. The van der Waals surface area contributed by atoms with Gasteiger partial charge in [0, 0.05) is 12.8 Å². The van der Waals surface area contributed by atoms with Gasteiger partial charge in [-0.1, -0.05) is 30.3 Å². The first-order valence-corrected chi connectivity index (χ1v) is 6.58. The minimum absolute atomic E-state index is 0.185. The summed E-state index contributed by atoms with van der Waals surface area (Å²) in [5.74, 6) is 0. The van der Waals surface area contributed by atoms with Crippen LogP contribution in [0.1, 0.15) is 18.4 Å². The summed E-state index contributed by atoms with van der Waals surface area (Å²) in [7, 11) is 0. The van der Waals surface area contributed by atoms with E-state index in [-0.39, 0.29) is 12.2 Å². The molecule has 1 N–H and O–H groups in total. The van der Waals surface area contributed by atoms with E-state index in [1.807, 2.05) is 18.2 Å². The van der Waals surface area contributed by atoms with Gasteiger partial charge in [0.05, 0.1) is 12.7 Å². The van der Waals surface area contributed by atoms with Crippen LogP contribution in [0.25, 0.3) is 0 Å². The second-order valence-corrected chi connectivity index (χ2v) is 5.20. The lowest BCUT2D eigenvalue weighted by molar-refractivity contribution is 0.000314. The van der Waals surface area contributed by atoms with Gasteiger partial charge in [-0.3, -0.25) is 10.3 Å². The highest BCUT2D eigenvalue weighted by Gasteiger charge is 2.36. The number of ether oxygens (including phenoxy) is 1. The molecule has 1 aromatic carbocycles. The van der Waals surface area contributed by atoms with Crippen molar-refractivity contribution in [3.63, 3.8) is 0 Å². The molecule has 0 saturated heterocycles. The first-order chi connectivity index (χ1) is 8.33. The topological polar surface area (TPSA) is 30.5 Å². The molecule has 3 rings (SSSR count). The molecule has 1 aliphatic heterocycles. The predicted octanol–water partition coefficient (Wildman–Crippen LogP) is 2.88. The highest BCUT2D eigenvalue weighted by Crippen LogP contribution is 2.37. The van der Waals surface area contributed by atoms with Crippen LogP contribution in [0.15, 0.2) is 40.5 Å². The summed E-state index contributed by atoms with van der Waals surface area (Å²) in [6.45, 7) is 0.677. The van der Waals surface area contributed by atoms with E-state index in [0.29, 0.717) is 6.61 Å². The summed E-state index contributed by atoms with van der Waals surface area (Å²) in [6, 6.07) is 10.3. The number of benzene rings is 1. The molecule has 0 radical (unpaired) electrons. The molecule has 1 heterocycles. The van der Waals surface area contributed by atoms with Gasteiger partial charge >= 0.3 is 0 Å². The summed E-state index contributed by atoms with van der Waals surface area (Å²) in [4.78, 5) is 5.42. The van der Waals surface area contributed by atoms with Crippen LogP contribution in [0.4, 0.5) is 0 Å². The Morgan fingerprint density at radius 2 is 2.18 bits per heavy atom. The molecule has 2 aliphatic rings. The zero-order valence-electron chi connectivity index (χ0n) is 9.36. The third kappa shape index (κ3) is 2.39. The van der Waals surface area contributed by atoms with Gasteiger partial charge in [0.15, 0.2) is 0 Å². The fraction of sp³-hybridized carbons (Fsp3) is 0.385. The Morgan fingerprint density at radius 3 is 2.94 bits per heavy atom. The molecule has 17 heavy (non-hydrogen) atoms. The van der Waals surface area contributed by atoms with Crippen LogP contribution in [-0.2, 0) is 16.2 Å². The first-order valence-electron chi connectivity index (χ1n) is 5.78. The zero-order chi connectivity index (χ0) is 11.7. The van der Waals surface area contributed by atoms with Crippen LogP contribution in [0.2, 0.25) is 0 Å². The summed E-state index contributed by atoms with van der Waals surface area (Å²) >= 11 is 3.46. The number of halogens is 1. The largest absolute Gasteiger partial charge is 0.373 e.